The third-order valence-corrected chi connectivity index (χ3v) is 6.49. The van der Waals surface area contributed by atoms with Crippen molar-refractivity contribution in [2.24, 2.45) is 0 Å². The Labute approximate surface area is 221 Å². The minimum Gasteiger partial charge on any atom is -0.429 e. The van der Waals surface area contributed by atoms with E-state index >= 15 is 4.39 Å². The maximum Gasteiger partial charge on any atom is 0.429 e. The van der Waals surface area contributed by atoms with Crippen LogP contribution in [0.1, 0.15) is 24.5 Å². The second-order valence-electron chi connectivity index (χ2n) is 9.12. The molecule has 5 aromatic carbocycles. The van der Waals surface area contributed by atoms with E-state index in [0.29, 0.717) is 12.5 Å². The van der Waals surface area contributed by atoms with Gasteiger partial charge in [0, 0.05) is 0 Å². The van der Waals surface area contributed by atoms with Crippen LogP contribution in [0.3, 0.4) is 0 Å². The molecule has 0 aliphatic rings. The van der Waals surface area contributed by atoms with E-state index in [-0.39, 0.29) is 33.9 Å². The Morgan fingerprint density at radius 2 is 1.27 bits per heavy atom. The number of benzene rings is 5. The van der Waals surface area contributed by atoms with Crippen molar-refractivity contribution in [1.29, 1.82) is 0 Å². The number of fused-ring (bicyclic) bond motifs is 2. The van der Waals surface area contributed by atoms with E-state index in [4.69, 9.17) is 0 Å². The fourth-order valence-electron chi connectivity index (χ4n) is 4.59. The average Bonchev–Trinajstić information content (AvgIpc) is 2.90. The molecule has 0 radical (unpaired) electrons. The van der Waals surface area contributed by atoms with Gasteiger partial charge < -0.3 is 4.74 Å². The van der Waals surface area contributed by atoms with Gasteiger partial charge >= 0.3 is 6.11 Å². The lowest BCUT2D eigenvalue weighted by Gasteiger charge is -2.20. The minimum atomic E-state index is -4.31. The van der Waals surface area contributed by atoms with Crippen LogP contribution in [0.2, 0.25) is 0 Å². The van der Waals surface area contributed by atoms with Crippen LogP contribution in [-0.4, -0.2) is 0 Å². The third kappa shape index (κ3) is 4.61. The summed E-state index contributed by atoms with van der Waals surface area (Å²) in [5.41, 5.74) is -1.01. The first kappa shape index (κ1) is 27.4. The van der Waals surface area contributed by atoms with E-state index in [1.807, 2.05) is 0 Å². The molecular formula is C30H17F9O. The minimum absolute atomic E-state index is 0.00326. The highest BCUT2D eigenvalue weighted by Crippen LogP contribution is 2.38. The summed E-state index contributed by atoms with van der Waals surface area (Å²) < 4.78 is 134. The summed E-state index contributed by atoms with van der Waals surface area (Å²) in [5, 5.41) is -2.04. The highest BCUT2D eigenvalue weighted by molar-refractivity contribution is 5.89. The van der Waals surface area contributed by atoms with Gasteiger partial charge in [0.1, 0.15) is 22.9 Å². The van der Waals surface area contributed by atoms with Crippen LogP contribution >= 0.6 is 0 Å². The van der Waals surface area contributed by atoms with Gasteiger partial charge in [0.05, 0.1) is 10.8 Å². The number of hydrogen-bond donors (Lipinski definition) is 0. The zero-order chi connectivity index (χ0) is 28.9. The third-order valence-electron chi connectivity index (χ3n) is 6.49. The van der Waals surface area contributed by atoms with E-state index in [1.165, 1.54) is 24.3 Å². The van der Waals surface area contributed by atoms with Crippen LogP contribution in [0.5, 0.6) is 5.75 Å². The van der Waals surface area contributed by atoms with E-state index in [2.05, 4.69) is 4.74 Å². The summed E-state index contributed by atoms with van der Waals surface area (Å²) in [5.74, 6) is -11.2. The second kappa shape index (κ2) is 10.1. The molecule has 1 nitrogen and oxygen atoms in total. The van der Waals surface area contributed by atoms with Gasteiger partial charge in [-0.1, -0.05) is 31.5 Å². The van der Waals surface area contributed by atoms with E-state index in [0.717, 1.165) is 30.3 Å². The number of hydrogen-bond acceptors (Lipinski definition) is 1. The Morgan fingerprint density at radius 1 is 0.600 bits per heavy atom. The van der Waals surface area contributed by atoms with E-state index in [1.54, 1.807) is 6.92 Å². The lowest BCUT2D eigenvalue weighted by Crippen LogP contribution is -2.23. The molecule has 40 heavy (non-hydrogen) atoms. The van der Waals surface area contributed by atoms with Gasteiger partial charge in [-0.2, -0.15) is 8.78 Å². The maximum absolute atomic E-state index is 15.1. The van der Waals surface area contributed by atoms with Crippen molar-refractivity contribution >= 4 is 21.5 Å². The largest absolute Gasteiger partial charge is 0.429 e. The Bertz CT molecular complexity index is 1780. The Hall–Kier alpha value is -4.21. The molecule has 0 saturated carbocycles. The molecule has 0 bridgehead atoms. The van der Waals surface area contributed by atoms with E-state index in [9.17, 15) is 35.1 Å². The first-order chi connectivity index (χ1) is 18.9. The summed E-state index contributed by atoms with van der Waals surface area (Å²) in [7, 11) is 0. The van der Waals surface area contributed by atoms with Gasteiger partial charge in [0.25, 0.3) is 0 Å². The SMILES string of the molecule is CCCc1cc2ccc(C(F)(F)Oc3ccc(-c4cc(F)c5c(F)c(F)c(F)cc5c4)cc3)c(F)c2c(F)c1F. The summed E-state index contributed by atoms with van der Waals surface area (Å²) in [4.78, 5) is 0. The first-order valence-corrected chi connectivity index (χ1v) is 12.0. The normalized spacial score (nSPS) is 11.9. The van der Waals surface area contributed by atoms with Crippen LogP contribution in [0, 0.1) is 40.7 Å². The zero-order valence-electron chi connectivity index (χ0n) is 20.5. The van der Waals surface area contributed by atoms with Gasteiger partial charge in [-0.15, -0.1) is 0 Å². The summed E-state index contributed by atoms with van der Waals surface area (Å²) in [6.45, 7) is 1.74. The summed E-state index contributed by atoms with van der Waals surface area (Å²) in [6.07, 6.45) is -3.64. The maximum atomic E-state index is 15.1. The van der Waals surface area contributed by atoms with Gasteiger partial charge in [0.15, 0.2) is 29.1 Å². The van der Waals surface area contributed by atoms with Gasteiger partial charge in [-0.3, -0.25) is 0 Å². The second-order valence-corrected chi connectivity index (χ2v) is 9.12. The fourth-order valence-corrected chi connectivity index (χ4v) is 4.59. The van der Waals surface area contributed by atoms with Crippen molar-refractivity contribution in [2.45, 2.75) is 25.9 Å². The van der Waals surface area contributed by atoms with Crippen LogP contribution in [0.15, 0.2) is 60.7 Å². The van der Waals surface area contributed by atoms with Crippen molar-refractivity contribution in [3.63, 3.8) is 0 Å². The molecule has 0 amide bonds. The summed E-state index contributed by atoms with van der Waals surface area (Å²) in [6, 6.07) is 10.2. The highest BCUT2D eigenvalue weighted by Gasteiger charge is 2.39. The van der Waals surface area contributed by atoms with Crippen molar-refractivity contribution in [3.05, 3.63) is 113 Å². The predicted octanol–water partition coefficient (Wildman–Crippen LogP) is 9.71. The highest BCUT2D eigenvalue weighted by atomic mass is 19.3. The number of ether oxygens (including phenoxy) is 1. The van der Waals surface area contributed by atoms with Gasteiger partial charge in [0.2, 0.25) is 0 Å². The fraction of sp³-hybridized carbons (Fsp3) is 0.133. The molecule has 10 heteroatoms. The molecule has 0 saturated heterocycles. The molecule has 0 fully saturated rings. The lowest BCUT2D eigenvalue weighted by molar-refractivity contribution is -0.187. The quantitative estimate of drug-likeness (QED) is 0.147. The number of halogens is 9. The molecule has 0 heterocycles. The topological polar surface area (TPSA) is 9.23 Å². The molecule has 206 valence electrons. The lowest BCUT2D eigenvalue weighted by atomic mass is 9.99. The molecule has 0 atom stereocenters. The standard InChI is InChI=1S/C30H17F9O/c1-2-3-16-10-15-6-9-20(26(34)24(15)29(37)25(16)33)30(38,39)40-19-7-4-14(5-8-19)17-11-18-13-22(32)27(35)28(36)23(18)21(31)12-17/h4-13H,2-3H2,1H3. The van der Waals surface area contributed by atoms with Crippen LogP contribution < -0.4 is 4.74 Å². The molecule has 0 aliphatic carbocycles. The van der Waals surface area contributed by atoms with Crippen molar-refractivity contribution < 1.29 is 44.3 Å². The molecule has 0 spiro atoms. The Kier molecular flexibility index (Phi) is 6.89. The molecule has 0 N–H and O–H groups in total. The van der Waals surface area contributed by atoms with E-state index < -0.39 is 68.9 Å². The molecule has 0 unspecified atom stereocenters. The molecular weight excluding hydrogens is 547 g/mol. The van der Waals surface area contributed by atoms with Crippen molar-refractivity contribution in [2.75, 3.05) is 0 Å². The number of aryl methyl sites for hydroxylation is 1. The Morgan fingerprint density at radius 3 is 1.95 bits per heavy atom. The monoisotopic (exact) mass is 564 g/mol. The first-order valence-electron chi connectivity index (χ1n) is 12.0. The van der Waals surface area contributed by atoms with Crippen molar-refractivity contribution in [3.8, 4) is 16.9 Å². The summed E-state index contributed by atoms with van der Waals surface area (Å²) >= 11 is 0. The molecule has 5 rings (SSSR count). The van der Waals surface area contributed by atoms with Crippen LogP contribution in [0.25, 0.3) is 32.7 Å². The van der Waals surface area contributed by atoms with Crippen LogP contribution in [0.4, 0.5) is 39.5 Å². The zero-order valence-corrected chi connectivity index (χ0v) is 20.5. The van der Waals surface area contributed by atoms with Crippen LogP contribution in [-0.2, 0) is 12.5 Å². The molecule has 0 aliphatic heterocycles. The molecule has 0 aromatic heterocycles. The predicted molar refractivity (Wildman–Crippen MR) is 132 cm³/mol. The van der Waals surface area contributed by atoms with Crippen molar-refractivity contribution in [1.82, 2.24) is 0 Å². The van der Waals surface area contributed by atoms with Gasteiger partial charge in [-0.05, 0) is 76.3 Å². The smallest absolute Gasteiger partial charge is 0.429 e. The average molecular weight is 564 g/mol. The Balaban J connectivity index is 1.46. The number of rotatable bonds is 6. The number of alkyl halides is 2. The molecule has 5 aromatic rings. The van der Waals surface area contributed by atoms with Gasteiger partial charge in [-0.25, -0.2) is 30.7 Å².